The molecule has 3 heterocycles. The van der Waals surface area contributed by atoms with Crippen molar-refractivity contribution in [2.45, 2.75) is 38.1 Å². The first-order valence-electron chi connectivity index (χ1n) is 11.2. The average molecular weight is 424 g/mol. The van der Waals surface area contributed by atoms with Crippen molar-refractivity contribution in [3.8, 4) is 5.75 Å². The van der Waals surface area contributed by atoms with Gasteiger partial charge in [0.05, 0.1) is 12.8 Å². The predicted molar refractivity (Wildman–Crippen MR) is 122 cm³/mol. The number of piperazine rings is 1. The Morgan fingerprint density at radius 2 is 1.97 bits per heavy atom. The molecule has 0 unspecified atom stereocenters. The highest BCUT2D eigenvalue weighted by molar-refractivity contribution is 5.82. The van der Waals surface area contributed by atoms with Crippen LogP contribution in [0.1, 0.15) is 32.1 Å². The van der Waals surface area contributed by atoms with E-state index >= 15 is 0 Å². The number of methoxy groups -OCH3 is 1. The fourth-order valence-electron chi connectivity index (χ4n) is 4.50. The van der Waals surface area contributed by atoms with Gasteiger partial charge in [-0.3, -0.25) is 4.98 Å². The van der Waals surface area contributed by atoms with E-state index in [2.05, 4.69) is 47.9 Å². The number of aromatic amines is 2. The maximum Gasteiger partial charge on any atom is 0.307 e. The normalized spacial score (nSPS) is 17.6. The molecule has 1 aliphatic carbocycles. The predicted octanol–water partition coefficient (Wildman–Crippen LogP) is 2.68. The van der Waals surface area contributed by atoms with E-state index in [0.29, 0.717) is 12.0 Å². The Labute approximate surface area is 182 Å². The minimum absolute atomic E-state index is 0.454. The number of aromatic nitrogens is 4. The average Bonchev–Trinajstić information content (AvgIpc) is 3.30. The monoisotopic (exact) mass is 423 g/mol. The zero-order chi connectivity index (χ0) is 21.0. The van der Waals surface area contributed by atoms with Crippen molar-refractivity contribution in [3.63, 3.8) is 0 Å². The van der Waals surface area contributed by atoms with E-state index in [0.717, 1.165) is 54.6 Å². The zero-order valence-corrected chi connectivity index (χ0v) is 18.0. The fraction of sp³-hybridized carbons (Fsp3) is 0.500. The molecular weight excluding hydrogens is 392 g/mol. The zero-order valence-electron chi connectivity index (χ0n) is 18.0. The summed E-state index contributed by atoms with van der Waals surface area (Å²) in [5.74, 6) is 2.14. The van der Waals surface area contributed by atoms with Gasteiger partial charge in [-0.05, 0) is 25.0 Å². The number of fused-ring (bicyclic) bond motifs is 1. The largest absolute Gasteiger partial charge is 0.494 e. The van der Waals surface area contributed by atoms with Crippen LogP contribution in [0.5, 0.6) is 5.75 Å². The molecule has 2 aromatic heterocycles. The van der Waals surface area contributed by atoms with Gasteiger partial charge in [-0.1, -0.05) is 24.2 Å². The summed E-state index contributed by atoms with van der Waals surface area (Å²) >= 11 is 0. The minimum atomic E-state index is 0.454. The summed E-state index contributed by atoms with van der Waals surface area (Å²) in [5.41, 5.74) is 3.68. The van der Waals surface area contributed by atoms with Crippen LogP contribution in [0.25, 0.3) is 11.2 Å². The fourth-order valence-corrected chi connectivity index (χ4v) is 4.50. The number of H-pyrrole nitrogens is 2. The summed E-state index contributed by atoms with van der Waals surface area (Å²) in [6, 6.07) is 6.70. The standard InChI is InChI=1S/C22H30N8O/c1-31-18-13-16(30-11-9-23-10-12-30)7-8-17(18)27-22-28-20-19(24-14-25-20)21(29-22)26-15-5-3-2-4-6-15/h7-8,13-15,23H,2-6,9-12H2,1H3,(H3,24,25,26,27,28,29)/p+1. The lowest BCUT2D eigenvalue weighted by Crippen LogP contribution is -2.43. The Morgan fingerprint density at radius 3 is 2.77 bits per heavy atom. The summed E-state index contributed by atoms with van der Waals surface area (Å²) in [5, 5.41) is 10.4. The van der Waals surface area contributed by atoms with Crippen LogP contribution in [0, 0.1) is 0 Å². The molecule has 9 nitrogen and oxygen atoms in total. The first kappa shape index (κ1) is 19.9. The molecule has 0 bridgehead atoms. The van der Waals surface area contributed by atoms with Crippen LogP contribution < -0.4 is 30.6 Å². The highest BCUT2D eigenvalue weighted by Gasteiger charge is 2.21. The molecule has 0 atom stereocenters. The highest BCUT2D eigenvalue weighted by atomic mass is 16.5. The Morgan fingerprint density at radius 1 is 1.13 bits per heavy atom. The molecule has 164 valence electrons. The van der Waals surface area contributed by atoms with Gasteiger partial charge in [0.25, 0.3) is 0 Å². The summed E-state index contributed by atoms with van der Waals surface area (Å²) in [4.78, 5) is 18.2. The van der Waals surface area contributed by atoms with Crippen molar-refractivity contribution in [3.05, 3.63) is 24.5 Å². The van der Waals surface area contributed by atoms with Gasteiger partial charge in [-0.25, -0.2) is 4.98 Å². The second kappa shape index (κ2) is 8.97. The number of hydrogen-bond acceptors (Lipinski definition) is 7. The van der Waals surface area contributed by atoms with Gasteiger partial charge in [0, 0.05) is 44.0 Å². The molecular formula is C22H31N8O+. The van der Waals surface area contributed by atoms with Gasteiger partial charge in [0.1, 0.15) is 5.75 Å². The second-order valence-corrected chi connectivity index (χ2v) is 8.28. The van der Waals surface area contributed by atoms with Crippen molar-refractivity contribution < 1.29 is 9.72 Å². The minimum Gasteiger partial charge on any atom is -0.494 e. The second-order valence-electron chi connectivity index (χ2n) is 8.28. The van der Waals surface area contributed by atoms with Gasteiger partial charge >= 0.3 is 11.6 Å². The molecule has 2 aliphatic rings. The Kier molecular flexibility index (Phi) is 5.75. The smallest absolute Gasteiger partial charge is 0.307 e. The van der Waals surface area contributed by atoms with Crippen LogP contribution in [0.15, 0.2) is 24.5 Å². The van der Waals surface area contributed by atoms with Gasteiger partial charge in [-0.15, -0.1) is 0 Å². The van der Waals surface area contributed by atoms with Gasteiger partial charge in [0.15, 0.2) is 12.1 Å². The number of anilines is 4. The quantitative estimate of drug-likeness (QED) is 0.483. The maximum absolute atomic E-state index is 5.68. The van der Waals surface area contributed by atoms with E-state index in [-0.39, 0.29) is 0 Å². The molecule has 1 aliphatic heterocycles. The number of rotatable bonds is 6. The number of benzene rings is 1. The van der Waals surface area contributed by atoms with Crippen molar-refractivity contribution in [2.24, 2.45) is 0 Å². The first-order valence-corrected chi connectivity index (χ1v) is 11.2. The Bertz CT molecular complexity index is 1020. The molecule has 5 rings (SSSR count). The van der Waals surface area contributed by atoms with Crippen LogP contribution in [0.3, 0.4) is 0 Å². The van der Waals surface area contributed by atoms with Gasteiger partial charge in [-0.2, -0.15) is 4.98 Å². The Hall–Kier alpha value is -3.07. The molecule has 9 heteroatoms. The third-order valence-electron chi connectivity index (χ3n) is 6.19. The lowest BCUT2D eigenvalue weighted by Gasteiger charge is -2.30. The molecule has 0 radical (unpaired) electrons. The topological polar surface area (TPSA) is 104 Å². The van der Waals surface area contributed by atoms with Gasteiger partial charge < -0.3 is 25.6 Å². The molecule has 1 aromatic carbocycles. The summed E-state index contributed by atoms with van der Waals surface area (Å²) in [7, 11) is 1.70. The Balaban J connectivity index is 1.40. The lowest BCUT2D eigenvalue weighted by molar-refractivity contribution is -0.347. The molecule has 3 aromatic rings. The van der Waals surface area contributed by atoms with Crippen molar-refractivity contribution in [2.75, 3.05) is 48.8 Å². The van der Waals surface area contributed by atoms with Crippen molar-refractivity contribution >= 4 is 34.3 Å². The van der Waals surface area contributed by atoms with Gasteiger partial charge in [0.2, 0.25) is 5.52 Å². The molecule has 2 fully saturated rings. The van der Waals surface area contributed by atoms with E-state index in [9.17, 15) is 0 Å². The number of nitrogens with zero attached hydrogens (tertiary/aromatic N) is 3. The van der Waals surface area contributed by atoms with Crippen LogP contribution in [-0.2, 0) is 0 Å². The molecule has 31 heavy (non-hydrogen) atoms. The summed E-state index contributed by atoms with van der Waals surface area (Å²) in [6.45, 7) is 3.99. The molecule has 0 spiro atoms. The first-order chi connectivity index (χ1) is 15.3. The number of hydrogen-bond donors (Lipinski definition) is 4. The number of nitrogens with one attached hydrogen (secondary N) is 5. The maximum atomic E-state index is 5.68. The summed E-state index contributed by atoms with van der Waals surface area (Å²) in [6.07, 6.45) is 8.01. The van der Waals surface area contributed by atoms with E-state index in [1.807, 2.05) is 6.07 Å². The SMILES string of the molecule is COc1cc(N2CCNCC2)ccc1Nc1nc(NC2CCCCC2)c2[nH]c[nH+]c2n1. The third-order valence-corrected chi connectivity index (χ3v) is 6.19. The number of imidazole rings is 1. The van der Waals surface area contributed by atoms with Crippen molar-refractivity contribution in [1.29, 1.82) is 0 Å². The van der Waals surface area contributed by atoms with Crippen LogP contribution in [-0.4, -0.2) is 54.3 Å². The molecule has 1 saturated heterocycles. The molecule has 0 amide bonds. The van der Waals surface area contributed by atoms with E-state index < -0.39 is 0 Å². The number of ether oxygens (including phenoxy) is 1. The molecule has 1 saturated carbocycles. The third kappa shape index (κ3) is 4.36. The van der Waals surface area contributed by atoms with E-state index in [4.69, 9.17) is 9.72 Å². The van der Waals surface area contributed by atoms with Crippen molar-refractivity contribution in [1.82, 2.24) is 20.3 Å². The lowest BCUT2D eigenvalue weighted by atomic mass is 9.95. The van der Waals surface area contributed by atoms with Crippen LogP contribution in [0.2, 0.25) is 0 Å². The van der Waals surface area contributed by atoms with E-state index in [1.165, 1.54) is 37.8 Å². The van der Waals surface area contributed by atoms with Crippen LogP contribution >= 0.6 is 0 Å². The molecule has 5 N–H and O–H groups in total. The van der Waals surface area contributed by atoms with E-state index in [1.54, 1.807) is 13.4 Å². The highest BCUT2D eigenvalue weighted by Crippen LogP contribution is 2.32. The summed E-state index contributed by atoms with van der Waals surface area (Å²) < 4.78 is 5.68. The van der Waals surface area contributed by atoms with Crippen LogP contribution in [0.4, 0.5) is 23.1 Å².